The summed E-state index contributed by atoms with van der Waals surface area (Å²) in [5.41, 5.74) is 3.77. The van der Waals surface area contributed by atoms with E-state index >= 15 is 0 Å². The molecule has 1 aliphatic carbocycles. The van der Waals surface area contributed by atoms with Crippen LogP contribution in [0.1, 0.15) is 30.0 Å². The minimum atomic E-state index is 0.307. The molecule has 2 N–H and O–H groups in total. The number of aromatic nitrogens is 1. The minimum absolute atomic E-state index is 0.307. The van der Waals surface area contributed by atoms with E-state index in [1.165, 1.54) is 24.0 Å². The van der Waals surface area contributed by atoms with E-state index in [2.05, 4.69) is 39.9 Å². The molecule has 1 aromatic carbocycles. The SMILES string of the molecule is S=C(Nc1ccncc1)N[C@@H]1CCCc2ccccc21. The van der Waals surface area contributed by atoms with Crippen molar-refractivity contribution >= 4 is 23.0 Å². The number of rotatable bonds is 2. The number of benzene rings is 1. The highest BCUT2D eigenvalue weighted by Gasteiger charge is 2.20. The highest BCUT2D eigenvalue weighted by atomic mass is 32.1. The Bertz CT molecular complexity index is 598. The monoisotopic (exact) mass is 283 g/mol. The van der Waals surface area contributed by atoms with E-state index in [9.17, 15) is 0 Å². The molecule has 2 aromatic rings. The maximum Gasteiger partial charge on any atom is 0.171 e. The third kappa shape index (κ3) is 2.96. The van der Waals surface area contributed by atoms with Gasteiger partial charge in [-0.3, -0.25) is 4.98 Å². The van der Waals surface area contributed by atoms with Gasteiger partial charge in [0.1, 0.15) is 0 Å². The average Bonchev–Trinajstić information content (AvgIpc) is 2.48. The summed E-state index contributed by atoms with van der Waals surface area (Å²) in [6, 6.07) is 12.7. The van der Waals surface area contributed by atoms with E-state index in [0.717, 1.165) is 12.1 Å². The molecule has 1 atom stereocenters. The van der Waals surface area contributed by atoms with Crippen LogP contribution in [0.4, 0.5) is 5.69 Å². The van der Waals surface area contributed by atoms with Crippen molar-refractivity contribution in [2.24, 2.45) is 0 Å². The minimum Gasteiger partial charge on any atom is -0.356 e. The summed E-state index contributed by atoms with van der Waals surface area (Å²) in [6.07, 6.45) is 6.99. The van der Waals surface area contributed by atoms with Crippen molar-refractivity contribution in [2.75, 3.05) is 5.32 Å². The molecule has 0 bridgehead atoms. The van der Waals surface area contributed by atoms with Gasteiger partial charge < -0.3 is 10.6 Å². The molecule has 3 nitrogen and oxygen atoms in total. The van der Waals surface area contributed by atoms with Crippen molar-refractivity contribution in [1.29, 1.82) is 0 Å². The molecule has 4 heteroatoms. The predicted octanol–water partition coefficient (Wildman–Crippen LogP) is 3.45. The van der Waals surface area contributed by atoms with Crippen molar-refractivity contribution in [3.8, 4) is 0 Å². The Labute approximate surface area is 124 Å². The van der Waals surface area contributed by atoms with E-state index in [0.29, 0.717) is 11.2 Å². The smallest absolute Gasteiger partial charge is 0.171 e. The van der Waals surface area contributed by atoms with Gasteiger partial charge in [0.25, 0.3) is 0 Å². The lowest BCUT2D eigenvalue weighted by molar-refractivity contribution is 0.529. The van der Waals surface area contributed by atoms with Crippen LogP contribution in [0.2, 0.25) is 0 Å². The van der Waals surface area contributed by atoms with Gasteiger partial charge in [-0.05, 0) is 54.7 Å². The van der Waals surface area contributed by atoms with Gasteiger partial charge in [-0.15, -0.1) is 0 Å². The Morgan fingerprint density at radius 2 is 1.95 bits per heavy atom. The molecule has 0 spiro atoms. The standard InChI is InChI=1S/C16H17N3S/c20-16(18-13-8-10-17-11-9-13)19-15-7-3-5-12-4-1-2-6-14(12)15/h1-2,4,6,8-11,15H,3,5,7H2,(H2,17,18,19,20)/t15-/m1/s1. The van der Waals surface area contributed by atoms with Crippen molar-refractivity contribution in [3.05, 3.63) is 59.9 Å². The first kappa shape index (κ1) is 13.1. The number of hydrogen-bond acceptors (Lipinski definition) is 2. The van der Waals surface area contributed by atoms with Crippen molar-refractivity contribution in [2.45, 2.75) is 25.3 Å². The highest BCUT2D eigenvalue weighted by Crippen LogP contribution is 2.29. The van der Waals surface area contributed by atoms with Crippen LogP contribution in [-0.4, -0.2) is 10.1 Å². The molecule has 20 heavy (non-hydrogen) atoms. The van der Waals surface area contributed by atoms with Crippen LogP contribution < -0.4 is 10.6 Å². The van der Waals surface area contributed by atoms with Crippen LogP contribution in [0.5, 0.6) is 0 Å². The summed E-state index contributed by atoms with van der Waals surface area (Å²) in [6.45, 7) is 0. The van der Waals surface area contributed by atoms with Crippen LogP contribution in [-0.2, 0) is 6.42 Å². The summed E-state index contributed by atoms with van der Waals surface area (Å²) in [4.78, 5) is 3.99. The van der Waals surface area contributed by atoms with Crippen LogP contribution in [0.3, 0.4) is 0 Å². The molecule has 102 valence electrons. The number of anilines is 1. The van der Waals surface area contributed by atoms with Gasteiger partial charge in [0.2, 0.25) is 0 Å². The fourth-order valence-electron chi connectivity index (χ4n) is 2.66. The summed E-state index contributed by atoms with van der Waals surface area (Å²) in [5.74, 6) is 0. The molecule has 1 heterocycles. The number of aryl methyl sites for hydroxylation is 1. The molecule has 3 rings (SSSR count). The number of fused-ring (bicyclic) bond motifs is 1. The molecule has 0 fully saturated rings. The number of pyridine rings is 1. The number of thiocarbonyl (C=S) groups is 1. The summed E-state index contributed by atoms with van der Waals surface area (Å²) in [7, 11) is 0. The third-order valence-corrected chi connectivity index (χ3v) is 3.83. The Kier molecular flexibility index (Phi) is 3.92. The molecular formula is C16H17N3S. The zero-order chi connectivity index (χ0) is 13.8. The van der Waals surface area contributed by atoms with E-state index in [1.807, 2.05) is 12.1 Å². The van der Waals surface area contributed by atoms with Crippen LogP contribution in [0, 0.1) is 0 Å². The number of nitrogens with zero attached hydrogens (tertiary/aromatic N) is 1. The highest BCUT2D eigenvalue weighted by molar-refractivity contribution is 7.80. The molecule has 0 saturated heterocycles. The van der Waals surface area contributed by atoms with Gasteiger partial charge in [0.15, 0.2) is 5.11 Å². The zero-order valence-corrected chi connectivity index (χ0v) is 12.0. The van der Waals surface area contributed by atoms with Crippen molar-refractivity contribution in [1.82, 2.24) is 10.3 Å². The number of nitrogens with one attached hydrogen (secondary N) is 2. The Morgan fingerprint density at radius 3 is 2.80 bits per heavy atom. The van der Waals surface area contributed by atoms with Gasteiger partial charge in [-0.2, -0.15) is 0 Å². The maximum absolute atomic E-state index is 5.40. The Hall–Kier alpha value is -1.94. The van der Waals surface area contributed by atoms with Gasteiger partial charge in [-0.25, -0.2) is 0 Å². The van der Waals surface area contributed by atoms with Gasteiger partial charge in [-0.1, -0.05) is 24.3 Å². The fraction of sp³-hybridized carbons (Fsp3) is 0.250. The van der Waals surface area contributed by atoms with Crippen LogP contribution in [0.15, 0.2) is 48.8 Å². The largest absolute Gasteiger partial charge is 0.356 e. The van der Waals surface area contributed by atoms with Crippen molar-refractivity contribution < 1.29 is 0 Å². The summed E-state index contributed by atoms with van der Waals surface area (Å²) in [5, 5.41) is 7.29. The van der Waals surface area contributed by atoms with E-state index in [1.54, 1.807) is 12.4 Å². The second kappa shape index (κ2) is 6.01. The molecule has 1 aromatic heterocycles. The molecule has 0 aliphatic heterocycles. The average molecular weight is 283 g/mol. The summed E-state index contributed by atoms with van der Waals surface area (Å²) < 4.78 is 0. The lowest BCUT2D eigenvalue weighted by Crippen LogP contribution is -2.34. The quantitative estimate of drug-likeness (QED) is 0.828. The normalized spacial score (nSPS) is 17.1. The summed E-state index contributed by atoms with van der Waals surface area (Å²) >= 11 is 5.40. The fourth-order valence-corrected chi connectivity index (χ4v) is 2.92. The molecule has 0 unspecified atom stereocenters. The van der Waals surface area contributed by atoms with Crippen molar-refractivity contribution in [3.63, 3.8) is 0 Å². The lowest BCUT2D eigenvalue weighted by atomic mass is 9.88. The Morgan fingerprint density at radius 1 is 1.15 bits per heavy atom. The first-order chi connectivity index (χ1) is 9.83. The van der Waals surface area contributed by atoms with Gasteiger partial charge in [0.05, 0.1) is 6.04 Å². The zero-order valence-electron chi connectivity index (χ0n) is 11.2. The van der Waals surface area contributed by atoms with E-state index in [4.69, 9.17) is 12.2 Å². The number of hydrogen-bond donors (Lipinski definition) is 2. The molecule has 0 amide bonds. The first-order valence-electron chi connectivity index (χ1n) is 6.88. The van der Waals surface area contributed by atoms with Gasteiger partial charge in [0, 0.05) is 18.1 Å². The second-order valence-electron chi connectivity index (χ2n) is 4.98. The first-order valence-corrected chi connectivity index (χ1v) is 7.29. The van der Waals surface area contributed by atoms with Gasteiger partial charge >= 0.3 is 0 Å². The van der Waals surface area contributed by atoms with E-state index in [-0.39, 0.29) is 0 Å². The maximum atomic E-state index is 5.40. The van der Waals surface area contributed by atoms with E-state index < -0.39 is 0 Å². The topological polar surface area (TPSA) is 37.0 Å². The van der Waals surface area contributed by atoms with Crippen LogP contribution >= 0.6 is 12.2 Å². The lowest BCUT2D eigenvalue weighted by Gasteiger charge is -2.27. The third-order valence-electron chi connectivity index (χ3n) is 3.61. The Balaban J connectivity index is 1.68. The molecule has 1 aliphatic rings. The molecular weight excluding hydrogens is 266 g/mol. The molecule has 0 radical (unpaired) electrons. The van der Waals surface area contributed by atoms with Crippen LogP contribution in [0.25, 0.3) is 0 Å². The molecule has 0 saturated carbocycles. The second-order valence-corrected chi connectivity index (χ2v) is 5.39. The predicted molar refractivity (Wildman–Crippen MR) is 85.7 cm³/mol.